The zero-order chi connectivity index (χ0) is 14.4. The molecule has 1 aliphatic carbocycles. The first kappa shape index (κ1) is 16.4. The molecule has 5 nitrogen and oxygen atoms in total. The normalized spacial score (nSPS) is 32.9. The van der Waals surface area contributed by atoms with Gasteiger partial charge in [0.2, 0.25) is 5.91 Å². The number of nitrogens with one attached hydrogen (secondary N) is 1. The third kappa shape index (κ3) is 4.75. The molecule has 1 amide bonds. The average Bonchev–Trinajstić information content (AvgIpc) is 2.38. The monoisotopic (exact) mass is 272 g/mol. The molecule has 0 spiro atoms. The number of carbonyl (C=O) groups excluding carboxylic acids is 1. The molecular weight excluding hydrogens is 244 g/mol. The van der Waals surface area contributed by atoms with Crippen LogP contribution in [0.15, 0.2) is 0 Å². The van der Waals surface area contributed by atoms with Crippen molar-refractivity contribution in [2.24, 2.45) is 23.5 Å². The fourth-order valence-corrected chi connectivity index (χ4v) is 2.79. The third-order valence-corrected chi connectivity index (χ3v) is 4.21. The van der Waals surface area contributed by atoms with E-state index >= 15 is 0 Å². The molecule has 1 saturated carbocycles. The first-order valence-electron chi connectivity index (χ1n) is 7.04. The van der Waals surface area contributed by atoms with Gasteiger partial charge in [-0.2, -0.15) is 0 Å². The largest absolute Gasteiger partial charge is 0.382 e. The van der Waals surface area contributed by atoms with E-state index < -0.39 is 0 Å². The van der Waals surface area contributed by atoms with E-state index in [9.17, 15) is 4.79 Å². The Kier molecular flexibility index (Phi) is 6.75. The lowest BCUT2D eigenvalue weighted by atomic mass is 9.72. The fourth-order valence-electron chi connectivity index (χ4n) is 2.79. The van der Waals surface area contributed by atoms with Gasteiger partial charge >= 0.3 is 0 Å². The number of hydrogen-bond acceptors (Lipinski definition) is 4. The molecule has 0 saturated heterocycles. The predicted molar refractivity (Wildman–Crippen MR) is 74.7 cm³/mol. The summed E-state index contributed by atoms with van der Waals surface area (Å²) >= 11 is 0. The quantitative estimate of drug-likeness (QED) is 0.749. The first-order chi connectivity index (χ1) is 8.99. The number of nitrogens with two attached hydrogens (primary N) is 1. The van der Waals surface area contributed by atoms with E-state index in [-0.39, 0.29) is 24.0 Å². The molecule has 0 aromatic carbocycles. The lowest BCUT2D eigenvalue weighted by molar-refractivity contribution is -0.129. The highest BCUT2D eigenvalue weighted by atomic mass is 16.5. The second-order valence-corrected chi connectivity index (χ2v) is 5.75. The highest BCUT2D eigenvalue weighted by Gasteiger charge is 2.34. The van der Waals surface area contributed by atoms with Crippen molar-refractivity contribution in [2.45, 2.75) is 38.8 Å². The Labute approximate surface area is 116 Å². The van der Waals surface area contributed by atoms with Gasteiger partial charge in [-0.1, -0.05) is 13.8 Å². The summed E-state index contributed by atoms with van der Waals surface area (Å²) in [6.07, 6.45) is 1.70. The molecule has 0 aliphatic heterocycles. The van der Waals surface area contributed by atoms with Crippen LogP contribution in [0.4, 0.5) is 0 Å². The van der Waals surface area contributed by atoms with Gasteiger partial charge in [0.1, 0.15) is 0 Å². The van der Waals surface area contributed by atoms with Gasteiger partial charge in [-0.05, 0) is 24.7 Å². The summed E-state index contributed by atoms with van der Waals surface area (Å²) < 4.78 is 10.3. The number of hydrogen-bond donors (Lipinski definition) is 2. The van der Waals surface area contributed by atoms with E-state index in [1.54, 1.807) is 14.2 Å². The number of rotatable bonds is 6. The second kappa shape index (κ2) is 7.82. The molecule has 3 N–H and O–H groups in total. The number of ether oxygens (including phenoxy) is 2. The van der Waals surface area contributed by atoms with Crippen LogP contribution in [-0.2, 0) is 14.3 Å². The fraction of sp³-hybridized carbons (Fsp3) is 0.929. The molecular formula is C14H28N2O3. The third-order valence-electron chi connectivity index (χ3n) is 4.21. The van der Waals surface area contributed by atoms with Crippen LogP contribution in [0.3, 0.4) is 0 Å². The van der Waals surface area contributed by atoms with Gasteiger partial charge in [-0.3, -0.25) is 4.79 Å². The van der Waals surface area contributed by atoms with Gasteiger partial charge in [-0.25, -0.2) is 0 Å². The van der Waals surface area contributed by atoms with Crippen molar-refractivity contribution in [3.8, 4) is 0 Å². The summed E-state index contributed by atoms with van der Waals surface area (Å²) in [6.45, 7) is 5.26. The van der Waals surface area contributed by atoms with Crippen LogP contribution in [0.5, 0.6) is 0 Å². The summed E-state index contributed by atoms with van der Waals surface area (Å²) in [6, 6.07) is 0.129. The zero-order valence-corrected chi connectivity index (χ0v) is 12.5. The van der Waals surface area contributed by atoms with E-state index in [0.29, 0.717) is 25.0 Å². The smallest absolute Gasteiger partial charge is 0.223 e. The predicted octanol–water partition coefficient (Wildman–Crippen LogP) is 0.774. The first-order valence-corrected chi connectivity index (χ1v) is 7.04. The van der Waals surface area contributed by atoms with E-state index in [2.05, 4.69) is 19.2 Å². The van der Waals surface area contributed by atoms with Crippen LogP contribution in [0.1, 0.15) is 26.7 Å². The molecule has 5 unspecified atom stereocenters. The topological polar surface area (TPSA) is 73.6 Å². The minimum absolute atomic E-state index is 0.0197. The standard InChI is InChI=1S/C14H28N2O3/c1-9-5-10(2)13(15)6-12(9)14(17)16-7-11(19-4)8-18-3/h9-13H,5-8,15H2,1-4H3,(H,16,17). The van der Waals surface area contributed by atoms with Crippen LogP contribution in [0.25, 0.3) is 0 Å². The molecule has 1 rings (SSSR count). The molecule has 0 heterocycles. The minimum atomic E-state index is -0.0968. The molecule has 5 atom stereocenters. The summed E-state index contributed by atoms with van der Waals surface area (Å²) in [7, 11) is 3.24. The molecule has 5 heteroatoms. The van der Waals surface area contributed by atoms with E-state index in [4.69, 9.17) is 15.2 Å². The molecule has 1 fully saturated rings. The minimum Gasteiger partial charge on any atom is -0.382 e. The van der Waals surface area contributed by atoms with Crippen LogP contribution in [0.2, 0.25) is 0 Å². The number of amides is 1. The van der Waals surface area contributed by atoms with Crippen molar-refractivity contribution in [3.63, 3.8) is 0 Å². The Hall–Kier alpha value is -0.650. The molecule has 0 aromatic rings. The van der Waals surface area contributed by atoms with Crippen molar-refractivity contribution in [1.29, 1.82) is 0 Å². The van der Waals surface area contributed by atoms with Crippen molar-refractivity contribution in [2.75, 3.05) is 27.4 Å². The Bertz CT molecular complexity index is 286. The van der Waals surface area contributed by atoms with Crippen molar-refractivity contribution in [3.05, 3.63) is 0 Å². The second-order valence-electron chi connectivity index (χ2n) is 5.75. The lowest BCUT2D eigenvalue weighted by Crippen LogP contribution is -2.46. The maximum absolute atomic E-state index is 12.2. The molecule has 112 valence electrons. The van der Waals surface area contributed by atoms with Crippen LogP contribution in [-0.4, -0.2) is 45.4 Å². The summed E-state index contributed by atoms with van der Waals surface area (Å²) in [4.78, 5) is 12.2. The Balaban J connectivity index is 2.44. The van der Waals surface area contributed by atoms with Gasteiger partial charge in [-0.15, -0.1) is 0 Å². The van der Waals surface area contributed by atoms with E-state index in [0.717, 1.165) is 12.8 Å². The van der Waals surface area contributed by atoms with Crippen LogP contribution < -0.4 is 11.1 Å². The van der Waals surface area contributed by atoms with Crippen LogP contribution >= 0.6 is 0 Å². The Morgan fingerprint density at radius 1 is 1.32 bits per heavy atom. The highest BCUT2D eigenvalue weighted by molar-refractivity contribution is 5.79. The van der Waals surface area contributed by atoms with Crippen molar-refractivity contribution >= 4 is 5.91 Å². The zero-order valence-electron chi connectivity index (χ0n) is 12.5. The molecule has 0 bridgehead atoms. The number of methoxy groups -OCH3 is 2. The summed E-state index contributed by atoms with van der Waals surface area (Å²) in [5, 5.41) is 2.95. The summed E-state index contributed by atoms with van der Waals surface area (Å²) in [5.74, 6) is 0.997. The lowest BCUT2D eigenvalue weighted by Gasteiger charge is -2.36. The van der Waals surface area contributed by atoms with Gasteiger partial charge in [0.15, 0.2) is 0 Å². The molecule has 19 heavy (non-hydrogen) atoms. The van der Waals surface area contributed by atoms with E-state index in [1.165, 1.54) is 0 Å². The summed E-state index contributed by atoms with van der Waals surface area (Å²) in [5.41, 5.74) is 6.07. The van der Waals surface area contributed by atoms with Crippen LogP contribution in [0, 0.1) is 17.8 Å². The Morgan fingerprint density at radius 2 is 2.00 bits per heavy atom. The number of carbonyl (C=O) groups is 1. The Morgan fingerprint density at radius 3 is 2.58 bits per heavy atom. The molecule has 0 radical (unpaired) electrons. The van der Waals surface area contributed by atoms with Gasteiger partial charge in [0.25, 0.3) is 0 Å². The molecule has 0 aromatic heterocycles. The maximum atomic E-state index is 12.2. The highest BCUT2D eigenvalue weighted by Crippen LogP contribution is 2.32. The van der Waals surface area contributed by atoms with Gasteiger partial charge in [0.05, 0.1) is 12.7 Å². The van der Waals surface area contributed by atoms with E-state index in [1.807, 2.05) is 0 Å². The maximum Gasteiger partial charge on any atom is 0.223 e. The SMILES string of the molecule is COCC(CNC(=O)C1CC(N)C(C)CC1C)OC. The average molecular weight is 272 g/mol. The van der Waals surface area contributed by atoms with Crippen molar-refractivity contribution < 1.29 is 14.3 Å². The van der Waals surface area contributed by atoms with Gasteiger partial charge in [0, 0.05) is 32.7 Å². The van der Waals surface area contributed by atoms with Crippen molar-refractivity contribution in [1.82, 2.24) is 5.32 Å². The molecule has 1 aliphatic rings. The van der Waals surface area contributed by atoms with Gasteiger partial charge < -0.3 is 20.5 Å².